The zero-order chi connectivity index (χ0) is 20.8. The van der Waals surface area contributed by atoms with Crippen LogP contribution < -0.4 is 10.1 Å². The van der Waals surface area contributed by atoms with Crippen molar-refractivity contribution < 1.29 is 24.2 Å². The average molecular weight is 396 g/mol. The number of piperidine rings is 1. The molecule has 29 heavy (non-hydrogen) atoms. The third kappa shape index (κ3) is 5.13. The number of hydrogen-bond acceptors (Lipinski definition) is 4. The molecule has 2 aromatic carbocycles. The monoisotopic (exact) mass is 396 g/mol. The van der Waals surface area contributed by atoms with Gasteiger partial charge in [0.1, 0.15) is 11.5 Å². The number of hydrogen-bond donors (Lipinski definition) is 2. The predicted octanol–water partition coefficient (Wildman–Crippen LogP) is 2.92. The molecular weight excluding hydrogens is 372 g/mol. The number of nitrogens with zero attached hydrogens (tertiary/aromatic N) is 1. The van der Waals surface area contributed by atoms with Gasteiger partial charge in [-0.3, -0.25) is 14.4 Å². The molecule has 0 radical (unpaired) electrons. The van der Waals surface area contributed by atoms with Gasteiger partial charge in [0.05, 0.1) is 12.5 Å². The molecule has 2 N–H and O–H groups in total. The lowest BCUT2D eigenvalue weighted by molar-refractivity contribution is -0.148. The van der Waals surface area contributed by atoms with Gasteiger partial charge in [-0.05, 0) is 56.2 Å². The molecular formula is C22H24N2O5. The summed E-state index contributed by atoms with van der Waals surface area (Å²) in [6.45, 7) is 2.08. The summed E-state index contributed by atoms with van der Waals surface area (Å²) in [7, 11) is 0. The number of carboxylic acid groups (broad SMARTS) is 1. The molecule has 0 spiro atoms. The third-order valence-corrected chi connectivity index (χ3v) is 5.12. The van der Waals surface area contributed by atoms with Gasteiger partial charge in [0.25, 0.3) is 5.91 Å². The maximum absolute atomic E-state index is 12.5. The number of aliphatic carboxylic acids is 1. The van der Waals surface area contributed by atoms with E-state index < -0.39 is 11.9 Å². The highest BCUT2D eigenvalue weighted by atomic mass is 16.5. The Morgan fingerprint density at radius 2 is 1.72 bits per heavy atom. The average Bonchev–Trinajstić information content (AvgIpc) is 2.73. The topological polar surface area (TPSA) is 95.9 Å². The van der Waals surface area contributed by atoms with Crippen LogP contribution in [-0.2, 0) is 9.59 Å². The number of carbonyl (C=O) groups excluding carboxylic acids is 2. The van der Waals surface area contributed by atoms with E-state index in [1.165, 1.54) is 0 Å². The number of carbonyl (C=O) groups is 3. The zero-order valence-corrected chi connectivity index (χ0v) is 16.2. The molecule has 0 bridgehead atoms. The Balaban J connectivity index is 1.53. The predicted molar refractivity (Wildman–Crippen MR) is 107 cm³/mol. The van der Waals surface area contributed by atoms with Crippen LogP contribution in [0.4, 0.5) is 0 Å². The molecule has 1 aliphatic heterocycles. The molecule has 0 saturated carbocycles. The fourth-order valence-electron chi connectivity index (χ4n) is 3.48. The molecule has 1 saturated heterocycles. The molecule has 152 valence electrons. The summed E-state index contributed by atoms with van der Waals surface area (Å²) in [6.07, 6.45) is 1.20. The van der Waals surface area contributed by atoms with Gasteiger partial charge in [-0.15, -0.1) is 0 Å². The van der Waals surface area contributed by atoms with Crippen molar-refractivity contribution in [3.63, 3.8) is 0 Å². The van der Waals surface area contributed by atoms with Gasteiger partial charge in [0, 0.05) is 18.2 Å². The molecule has 7 heteroatoms. The lowest BCUT2D eigenvalue weighted by Crippen LogP contribution is -2.51. The van der Waals surface area contributed by atoms with E-state index in [9.17, 15) is 19.5 Å². The van der Waals surface area contributed by atoms with Crippen molar-refractivity contribution in [1.29, 1.82) is 0 Å². The number of carboxylic acids is 1. The van der Waals surface area contributed by atoms with E-state index in [1.54, 1.807) is 36.1 Å². The van der Waals surface area contributed by atoms with Crippen LogP contribution in [0, 0.1) is 5.92 Å². The molecule has 1 fully saturated rings. The maximum Gasteiger partial charge on any atom is 0.308 e. The minimum absolute atomic E-state index is 0.169. The van der Waals surface area contributed by atoms with Crippen LogP contribution in [0.1, 0.15) is 30.1 Å². The van der Waals surface area contributed by atoms with Crippen molar-refractivity contribution in [2.75, 3.05) is 13.1 Å². The third-order valence-electron chi connectivity index (χ3n) is 5.12. The van der Waals surface area contributed by atoms with Gasteiger partial charge >= 0.3 is 5.97 Å². The molecule has 2 aromatic rings. The highest BCUT2D eigenvalue weighted by molar-refractivity contribution is 5.96. The van der Waals surface area contributed by atoms with Crippen molar-refractivity contribution in [2.45, 2.75) is 25.8 Å². The van der Waals surface area contributed by atoms with Crippen molar-refractivity contribution in [1.82, 2.24) is 10.2 Å². The van der Waals surface area contributed by atoms with Crippen LogP contribution in [-0.4, -0.2) is 46.9 Å². The fraction of sp³-hybridized carbons (Fsp3) is 0.318. The Kier molecular flexibility index (Phi) is 6.49. The van der Waals surface area contributed by atoms with Gasteiger partial charge in [-0.1, -0.05) is 18.2 Å². The van der Waals surface area contributed by atoms with Crippen molar-refractivity contribution in [3.8, 4) is 11.5 Å². The molecule has 0 unspecified atom stereocenters. The second-order valence-electron chi connectivity index (χ2n) is 7.04. The fourth-order valence-corrected chi connectivity index (χ4v) is 3.48. The quantitative estimate of drug-likeness (QED) is 0.783. The number of rotatable bonds is 6. The van der Waals surface area contributed by atoms with Crippen LogP contribution in [0.25, 0.3) is 0 Å². The van der Waals surface area contributed by atoms with Gasteiger partial charge in [-0.2, -0.15) is 0 Å². The number of benzene rings is 2. The second-order valence-corrected chi connectivity index (χ2v) is 7.04. The van der Waals surface area contributed by atoms with Crippen LogP contribution in [0.2, 0.25) is 0 Å². The van der Waals surface area contributed by atoms with E-state index in [4.69, 9.17) is 4.74 Å². The summed E-state index contributed by atoms with van der Waals surface area (Å²) in [6, 6.07) is 15.6. The number of para-hydroxylation sites is 1. The first-order chi connectivity index (χ1) is 14.0. The Bertz CT molecular complexity index is 867. The molecule has 2 amide bonds. The first-order valence-electron chi connectivity index (χ1n) is 9.59. The van der Waals surface area contributed by atoms with Crippen molar-refractivity contribution >= 4 is 17.8 Å². The number of likely N-dealkylation sites (tertiary alicyclic amines) is 1. The van der Waals surface area contributed by atoms with E-state index in [0.717, 1.165) is 0 Å². The molecule has 7 nitrogen and oxygen atoms in total. The largest absolute Gasteiger partial charge is 0.481 e. The Labute approximate surface area is 169 Å². The van der Waals surface area contributed by atoms with Crippen LogP contribution in [0.5, 0.6) is 11.5 Å². The smallest absolute Gasteiger partial charge is 0.308 e. The van der Waals surface area contributed by atoms with Gasteiger partial charge < -0.3 is 20.1 Å². The SMILES string of the molecule is C[C@@H]1[C@H](C(=O)O)CCCN1C(=O)CNC(=O)c1ccc(Oc2ccccc2)cc1. The normalized spacial score (nSPS) is 18.7. The molecule has 3 rings (SSSR count). The molecule has 1 aliphatic rings. The number of ether oxygens (including phenoxy) is 1. The highest BCUT2D eigenvalue weighted by Crippen LogP contribution is 2.24. The summed E-state index contributed by atoms with van der Waals surface area (Å²) in [5, 5.41) is 11.9. The van der Waals surface area contributed by atoms with Gasteiger partial charge in [0.2, 0.25) is 5.91 Å². The standard InChI is InChI=1S/C22H24N2O5/c1-15-19(22(27)28)8-5-13-24(15)20(25)14-23-21(26)16-9-11-18(12-10-16)29-17-6-3-2-4-7-17/h2-4,6-7,9-12,15,19H,5,8,13-14H2,1H3,(H,23,26)(H,27,28)/t15-,19-/m1/s1. The lowest BCUT2D eigenvalue weighted by Gasteiger charge is -2.37. The Morgan fingerprint density at radius 1 is 1.07 bits per heavy atom. The summed E-state index contributed by atoms with van der Waals surface area (Å²) in [5.41, 5.74) is 0.410. The van der Waals surface area contributed by atoms with Crippen LogP contribution >= 0.6 is 0 Å². The Hall–Kier alpha value is -3.35. The second kappa shape index (κ2) is 9.23. The Morgan fingerprint density at radius 3 is 2.38 bits per heavy atom. The lowest BCUT2D eigenvalue weighted by atomic mass is 9.90. The van der Waals surface area contributed by atoms with Crippen molar-refractivity contribution in [2.24, 2.45) is 5.92 Å². The number of amides is 2. The summed E-state index contributed by atoms with van der Waals surface area (Å²) >= 11 is 0. The van der Waals surface area contributed by atoms with E-state index >= 15 is 0 Å². The highest BCUT2D eigenvalue weighted by Gasteiger charge is 2.35. The first kappa shape index (κ1) is 20.4. The zero-order valence-electron chi connectivity index (χ0n) is 16.2. The van der Waals surface area contributed by atoms with Crippen LogP contribution in [0.3, 0.4) is 0 Å². The van der Waals surface area contributed by atoms with E-state index in [-0.39, 0.29) is 24.4 Å². The summed E-state index contributed by atoms with van der Waals surface area (Å²) < 4.78 is 5.69. The molecule has 2 atom stereocenters. The molecule has 0 aliphatic carbocycles. The van der Waals surface area contributed by atoms with E-state index in [0.29, 0.717) is 36.4 Å². The van der Waals surface area contributed by atoms with Gasteiger partial charge in [-0.25, -0.2) is 0 Å². The van der Waals surface area contributed by atoms with E-state index in [2.05, 4.69) is 5.32 Å². The minimum Gasteiger partial charge on any atom is -0.481 e. The summed E-state index contributed by atoms with van der Waals surface area (Å²) in [5.74, 6) is -0.807. The van der Waals surface area contributed by atoms with Gasteiger partial charge in [0.15, 0.2) is 0 Å². The summed E-state index contributed by atoms with van der Waals surface area (Å²) in [4.78, 5) is 37.7. The van der Waals surface area contributed by atoms with Crippen molar-refractivity contribution in [3.05, 3.63) is 60.2 Å². The maximum atomic E-state index is 12.5. The molecule has 1 heterocycles. The number of nitrogens with one attached hydrogen (secondary N) is 1. The molecule has 0 aromatic heterocycles. The minimum atomic E-state index is -0.892. The van der Waals surface area contributed by atoms with Crippen LogP contribution in [0.15, 0.2) is 54.6 Å². The first-order valence-corrected chi connectivity index (χ1v) is 9.59. The van der Waals surface area contributed by atoms with E-state index in [1.807, 2.05) is 30.3 Å².